The van der Waals surface area contributed by atoms with Crippen molar-refractivity contribution in [1.82, 2.24) is 19.6 Å². The van der Waals surface area contributed by atoms with Crippen LogP contribution in [-0.4, -0.2) is 61.9 Å². The second-order valence-corrected chi connectivity index (χ2v) is 10.5. The lowest BCUT2D eigenvalue weighted by atomic mass is 9.81. The Morgan fingerprint density at radius 1 is 1.00 bits per heavy atom. The number of amides is 1. The molecule has 2 aromatic rings. The molecule has 2 aliphatic rings. The minimum absolute atomic E-state index is 0.0194. The molecule has 10 heteroatoms. The zero-order chi connectivity index (χ0) is 22.6. The summed E-state index contributed by atoms with van der Waals surface area (Å²) in [5, 5.41) is 0.216. The van der Waals surface area contributed by atoms with Crippen LogP contribution in [0, 0.1) is 11.8 Å². The number of piperazine rings is 1. The van der Waals surface area contributed by atoms with Crippen molar-refractivity contribution in [2.75, 3.05) is 37.6 Å². The molecular formula is C22H28ClN5O3S. The number of carbonyl (C=O) groups excluding carboxylic acids is 1. The quantitative estimate of drug-likeness (QED) is 0.687. The van der Waals surface area contributed by atoms with Gasteiger partial charge in [-0.2, -0.15) is 0 Å². The number of nitrogens with zero attached hydrogens (tertiary/aromatic N) is 4. The summed E-state index contributed by atoms with van der Waals surface area (Å²) in [6.07, 6.45) is 6.71. The molecule has 172 valence electrons. The molecular weight excluding hydrogens is 450 g/mol. The molecule has 1 N–H and O–H groups in total. The van der Waals surface area contributed by atoms with Crippen molar-refractivity contribution in [3.05, 3.63) is 47.7 Å². The lowest BCUT2D eigenvalue weighted by Crippen LogP contribution is -2.51. The van der Waals surface area contributed by atoms with E-state index in [9.17, 15) is 13.2 Å². The number of carbonyl (C=O) groups is 1. The van der Waals surface area contributed by atoms with Crippen LogP contribution in [0.15, 0.2) is 47.6 Å². The number of hydrogen-bond donors (Lipinski definition) is 1. The summed E-state index contributed by atoms with van der Waals surface area (Å²) in [5.74, 6) is 1.17. The van der Waals surface area contributed by atoms with Gasteiger partial charge in [0.05, 0.1) is 5.02 Å². The van der Waals surface area contributed by atoms with E-state index in [0.717, 1.165) is 38.8 Å². The Hall–Kier alpha value is -2.23. The summed E-state index contributed by atoms with van der Waals surface area (Å²) < 4.78 is 27.8. The standard InChI is InChI=1S/C22H28ClN5O3S/c23-19-4-1-2-5-20(19)32(30,31)26-16-17-6-8-18(9-7-17)21(29)27-12-14-28(15-13-27)22-24-10-3-11-25-22/h1-5,10-11,17-18,26H,6-9,12-16H2. The second kappa shape index (κ2) is 10.1. The van der Waals surface area contributed by atoms with Crippen LogP contribution in [0.1, 0.15) is 25.7 Å². The predicted octanol–water partition coefficient (Wildman–Crippen LogP) is 2.56. The minimum Gasteiger partial charge on any atom is -0.339 e. The Labute approximate surface area is 194 Å². The molecule has 0 unspecified atom stereocenters. The van der Waals surface area contributed by atoms with Gasteiger partial charge in [0.1, 0.15) is 4.90 Å². The number of anilines is 1. The Balaban J connectivity index is 1.23. The van der Waals surface area contributed by atoms with Gasteiger partial charge < -0.3 is 9.80 Å². The first-order valence-electron chi connectivity index (χ1n) is 11.0. The van der Waals surface area contributed by atoms with Gasteiger partial charge >= 0.3 is 0 Å². The molecule has 1 aliphatic carbocycles. The summed E-state index contributed by atoms with van der Waals surface area (Å²) in [5.41, 5.74) is 0. The van der Waals surface area contributed by atoms with Gasteiger partial charge in [-0.15, -0.1) is 0 Å². The van der Waals surface area contributed by atoms with Gasteiger partial charge in [0.25, 0.3) is 0 Å². The largest absolute Gasteiger partial charge is 0.339 e. The van der Waals surface area contributed by atoms with E-state index in [1.807, 2.05) is 4.90 Å². The van der Waals surface area contributed by atoms with Gasteiger partial charge in [0.15, 0.2) is 0 Å². The van der Waals surface area contributed by atoms with Crippen molar-refractivity contribution >= 4 is 33.5 Å². The highest BCUT2D eigenvalue weighted by molar-refractivity contribution is 7.89. The maximum absolute atomic E-state index is 13.0. The highest BCUT2D eigenvalue weighted by Gasteiger charge is 2.32. The van der Waals surface area contributed by atoms with Crippen molar-refractivity contribution in [3.63, 3.8) is 0 Å². The Bertz CT molecular complexity index is 1020. The first-order chi connectivity index (χ1) is 15.4. The number of halogens is 1. The normalized spacial score (nSPS) is 22.0. The van der Waals surface area contributed by atoms with Gasteiger partial charge in [-0.25, -0.2) is 23.1 Å². The predicted molar refractivity (Wildman–Crippen MR) is 123 cm³/mol. The van der Waals surface area contributed by atoms with Crippen molar-refractivity contribution in [2.24, 2.45) is 11.8 Å². The molecule has 1 amide bonds. The van der Waals surface area contributed by atoms with Gasteiger partial charge in [0, 0.05) is 51.0 Å². The molecule has 0 bridgehead atoms. The van der Waals surface area contributed by atoms with Crippen molar-refractivity contribution < 1.29 is 13.2 Å². The fourth-order valence-electron chi connectivity index (χ4n) is 4.42. The molecule has 0 atom stereocenters. The van der Waals surface area contributed by atoms with Crippen molar-refractivity contribution in [1.29, 1.82) is 0 Å². The van der Waals surface area contributed by atoms with Gasteiger partial charge in [0.2, 0.25) is 21.9 Å². The number of benzene rings is 1. The van der Waals surface area contributed by atoms with Crippen LogP contribution in [-0.2, 0) is 14.8 Å². The Kier molecular flexibility index (Phi) is 7.27. The molecule has 1 aromatic carbocycles. The highest BCUT2D eigenvalue weighted by atomic mass is 35.5. The number of sulfonamides is 1. The second-order valence-electron chi connectivity index (χ2n) is 8.36. The fraction of sp³-hybridized carbons (Fsp3) is 0.500. The van der Waals surface area contributed by atoms with E-state index in [4.69, 9.17) is 11.6 Å². The van der Waals surface area contributed by atoms with Crippen LogP contribution in [0.25, 0.3) is 0 Å². The van der Waals surface area contributed by atoms with Crippen molar-refractivity contribution in [3.8, 4) is 0 Å². The molecule has 2 heterocycles. The Morgan fingerprint density at radius 3 is 2.31 bits per heavy atom. The third kappa shape index (κ3) is 5.39. The van der Waals surface area contributed by atoms with Gasteiger partial charge in [-0.1, -0.05) is 23.7 Å². The summed E-state index contributed by atoms with van der Waals surface area (Å²) in [7, 11) is -3.64. The fourth-order valence-corrected chi connectivity index (χ4v) is 6.05. The summed E-state index contributed by atoms with van der Waals surface area (Å²) in [6, 6.07) is 8.23. The zero-order valence-electron chi connectivity index (χ0n) is 17.9. The molecule has 2 fully saturated rings. The zero-order valence-corrected chi connectivity index (χ0v) is 19.4. The number of hydrogen-bond acceptors (Lipinski definition) is 6. The monoisotopic (exact) mass is 477 g/mol. The summed E-state index contributed by atoms with van der Waals surface area (Å²) in [6.45, 7) is 3.18. The number of aromatic nitrogens is 2. The average molecular weight is 478 g/mol. The summed E-state index contributed by atoms with van der Waals surface area (Å²) >= 11 is 6.03. The van der Waals surface area contributed by atoms with Crippen LogP contribution in [0.4, 0.5) is 5.95 Å². The third-order valence-electron chi connectivity index (χ3n) is 6.31. The van der Waals surface area contributed by atoms with Crippen LogP contribution in [0.5, 0.6) is 0 Å². The highest BCUT2D eigenvalue weighted by Crippen LogP contribution is 2.31. The van der Waals surface area contributed by atoms with Crippen LogP contribution >= 0.6 is 11.6 Å². The topological polar surface area (TPSA) is 95.5 Å². The third-order valence-corrected chi connectivity index (χ3v) is 8.23. The van der Waals surface area contributed by atoms with Crippen LogP contribution < -0.4 is 9.62 Å². The van der Waals surface area contributed by atoms with Crippen LogP contribution in [0.2, 0.25) is 5.02 Å². The lowest BCUT2D eigenvalue weighted by molar-refractivity contribution is -0.137. The molecule has 0 radical (unpaired) electrons. The van der Waals surface area contributed by atoms with E-state index < -0.39 is 10.0 Å². The van der Waals surface area contributed by atoms with Gasteiger partial charge in [-0.05, 0) is 49.8 Å². The Morgan fingerprint density at radius 2 is 1.66 bits per heavy atom. The average Bonchev–Trinajstić information content (AvgIpc) is 2.83. The smallest absolute Gasteiger partial charge is 0.242 e. The number of nitrogens with one attached hydrogen (secondary N) is 1. The molecule has 0 spiro atoms. The molecule has 1 saturated carbocycles. The molecule has 1 saturated heterocycles. The maximum atomic E-state index is 13.0. The molecule has 32 heavy (non-hydrogen) atoms. The molecule has 1 aromatic heterocycles. The van der Waals surface area contributed by atoms with E-state index in [0.29, 0.717) is 25.6 Å². The van der Waals surface area contributed by atoms with E-state index >= 15 is 0 Å². The summed E-state index contributed by atoms with van der Waals surface area (Å²) in [4.78, 5) is 25.7. The molecule has 4 rings (SSSR count). The van der Waals surface area contributed by atoms with E-state index in [1.54, 1.807) is 36.7 Å². The number of rotatable bonds is 6. The first kappa shape index (κ1) is 22.9. The van der Waals surface area contributed by atoms with E-state index in [1.165, 1.54) is 6.07 Å². The van der Waals surface area contributed by atoms with E-state index in [-0.39, 0.29) is 27.7 Å². The minimum atomic E-state index is -3.64. The van der Waals surface area contributed by atoms with E-state index in [2.05, 4.69) is 19.6 Å². The first-order valence-corrected chi connectivity index (χ1v) is 12.8. The maximum Gasteiger partial charge on any atom is 0.242 e. The van der Waals surface area contributed by atoms with Crippen LogP contribution in [0.3, 0.4) is 0 Å². The molecule has 8 nitrogen and oxygen atoms in total. The van der Waals surface area contributed by atoms with Crippen molar-refractivity contribution in [2.45, 2.75) is 30.6 Å². The molecule has 1 aliphatic heterocycles. The SMILES string of the molecule is O=C(C1CCC(CNS(=O)(=O)c2ccccc2Cl)CC1)N1CCN(c2ncccn2)CC1. The lowest BCUT2D eigenvalue weighted by Gasteiger charge is -2.37. The van der Waals surface area contributed by atoms with Gasteiger partial charge in [-0.3, -0.25) is 4.79 Å².